The van der Waals surface area contributed by atoms with Gasteiger partial charge in [-0.1, -0.05) is 0 Å². The van der Waals surface area contributed by atoms with E-state index in [1.807, 2.05) is 6.92 Å². The number of hydrogen-bond donors (Lipinski definition) is 2. The molecule has 0 aliphatic heterocycles. The van der Waals surface area contributed by atoms with Crippen LogP contribution in [0.25, 0.3) is 6.08 Å². The van der Waals surface area contributed by atoms with E-state index in [0.717, 1.165) is 22.0 Å². The third-order valence-electron chi connectivity index (χ3n) is 2.25. The molecule has 1 aromatic heterocycles. The highest BCUT2D eigenvalue weighted by Gasteiger charge is 2.05. The first-order valence-corrected chi connectivity index (χ1v) is 6.26. The van der Waals surface area contributed by atoms with E-state index in [1.165, 1.54) is 23.5 Å². The molecule has 0 fully saturated rings. The van der Waals surface area contributed by atoms with Crippen molar-refractivity contribution in [2.24, 2.45) is 0 Å². The monoisotopic (exact) mass is 278 g/mol. The molecule has 1 heterocycles. The van der Waals surface area contributed by atoms with Crippen molar-refractivity contribution in [3.05, 3.63) is 46.2 Å². The summed E-state index contributed by atoms with van der Waals surface area (Å²) in [5.74, 6) is -1.17. The molecule has 0 bridgehead atoms. The number of nitrogens with zero attached hydrogens (tertiary/aromatic N) is 1. The molecule has 0 saturated carbocycles. The Hall–Kier alpha value is -2.21. The first-order valence-electron chi connectivity index (χ1n) is 5.44. The highest BCUT2D eigenvalue weighted by atomic mass is 32.1. The summed E-state index contributed by atoms with van der Waals surface area (Å²) in [5.41, 5.74) is 0.0372. The quantitative estimate of drug-likeness (QED) is 0.670. The fourth-order valence-corrected chi connectivity index (χ4v) is 2.08. The molecule has 0 radical (unpaired) electrons. The number of aromatic hydroxyl groups is 1. The Bertz CT molecular complexity index is 637. The molecule has 0 spiro atoms. The molecule has 2 aromatic rings. The number of hydrogen-bond acceptors (Lipinski definition) is 4. The van der Waals surface area contributed by atoms with Gasteiger partial charge in [0, 0.05) is 23.2 Å². The Kier molecular flexibility index (Phi) is 3.91. The van der Waals surface area contributed by atoms with E-state index in [9.17, 15) is 14.3 Å². The highest BCUT2D eigenvalue weighted by molar-refractivity contribution is 7.12. The topological polar surface area (TPSA) is 62.2 Å². The normalized spacial score (nSPS) is 10.8. The van der Waals surface area contributed by atoms with Crippen molar-refractivity contribution in [3.63, 3.8) is 0 Å². The average molecular weight is 278 g/mol. The van der Waals surface area contributed by atoms with E-state index in [0.29, 0.717) is 0 Å². The molecular formula is C13H11FN2O2S. The summed E-state index contributed by atoms with van der Waals surface area (Å²) >= 11 is 1.45. The van der Waals surface area contributed by atoms with Crippen molar-refractivity contribution >= 4 is 29.0 Å². The number of benzene rings is 1. The van der Waals surface area contributed by atoms with Gasteiger partial charge in [-0.3, -0.25) is 4.79 Å². The van der Waals surface area contributed by atoms with Crippen LogP contribution in [-0.4, -0.2) is 16.0 Å². The number of carbonyl (C=O) groups excluding carboxylic acids is 1. The lowest BCUT2D eigenvalue weighted by Gasteiger charge is -2.04. The minimum atomic E-state index is -0.532. The second-order valence-electron chi connectivity index (χ2n) is 3.77. The van der Waals surface area contributed by atoms with E-state index >= 15 is 0 Å². The number of aromatic nitrogens is 1. The molecule has 0 atom stereocenters. The molecule has 6 heteroatoms. The van der Waals surface area contributed by atoms with Crippen LogP contribution in [0.5, 0.6) is 5.75 Å². The van der Waals surface area contributed by atoms with E-state index in [4.69, 9.17) is 0 Å². The predicted octanol–water partition coefficient (Wildman–Crippen LogP) is 2.95. The standard InChI is InChI=1S/C13H11FN2O2S/c1-8-15-7-10(19-8)3-5-13(18)16-11-6-9(14)2-4-12(11)17/h2-7,17H,1H3,(H,16,18). The van der Waals surface area contributed by atoms with E-state index < -0.39 is 11.7 Å². The summed E-state index contributed by atoms with van der Waals surface area (Å²) in [7, 11) is 0. The molecule has 1 amide bonds. The van der Waals surface area contributed by atoms with Gasteiger partial charge in [0.2, 0.25) is 5.91 Å². The Labute approximate surface area is 113 Å². The van der Waals surface area contributed by atoms with Crippen LogP contribution in [0.2, 0.25) is 0 Å². The fraction of sp³-hybridized carbons (Fsp3) is 0.0769. The lowest BCUT2D eigenvalue weighted by Crippen LogP contribution is -2.08. The molecule has 4 nitrogen and oxygen atoms in total. The van der Waals surface area contributed by atoms with Crippen molar-refractivity contribution < 1.29 is 14.3 Å². The Morgan fingerprint density at radius 2 is 2.32 bits per heavy atom. The van der Waals surface area contributed by atoms with Crippen LogP contribution in [-0.2, 0) is 4.79 Å². The zero-order valence-electron chi connectivity index (χ0n) is 10.1. The summed E-state index contributed by atoms with van der Waals surface area (Å²) in [6.07, 6.45) is 4.57. The maximum absolute atomic E-state index is 13.0. The molecule has 19 heavy (non-hydrogen) atoms. The summed E-state index contributed by atoms with van der Waals surface area (Å²) in [6, 6.07) is 3.35. The van der Waals surface area contributed by atoms with Crippen LogP contribution in [0.1, 0.15) is 9.88 Å². The van der Waals surface area contributed by atoms with Crippen LogP contribution < -0.4 is 5.32 Å². The predicted molar refractivity (Wildman–Crippen MR) is 72.6 cm³/mol. The number of thiazole rings is 1. The minimum absolute atomic E-state index is 0.0372. The SMILES string of the molecule is Cc1ncc(C=CC(=O)Nc2cc(F)ccc2O)s1. The highest BCUT2D eigenvalue weighted by Crippen LogP contribution is 2.23. The number of anilines is 1. The first-order chi connectivity index (χ1) is 9.04. The fourth-order valence-electron chi connectivity index (χ4n) is 1.40. The van der Waals surface area contributed by atoms with Crippen LogP contribution in [0.4, 0.5) is 10.1 Å². The molecule has 2 rings (SSSR count). The largest absolute Gasteiger partial charge is 0.506 e. The number of phenols is 1. The number of carbonyl (C=O) groups is 1. The molecular weight excluding hydrogens is 267 g/mol. The number of amides is 1. The number of halogens is 1. The molecule has 98 valence electrons. The molecule has 2 N–H and O–H groups in total. The van der Waals surface area contributed by atoms with E-state index in [2.05, 4.69) is 10.3 Å². The van der Waals surface area contributed by atoms with Crippen LogP contribution in [0.3, 0.4) is 0 Å². The molecule has 1 aromatic carbocycles. The van der Waals surface area contributed by atoms with Gasteiger partial charge in [-0.2, -0.15) is 0 Å². The summed E-state index contributed by atoms with van der Waals surface area (Å²) in [4.78, 5) is 16.5. The Balaban J connectivity index is 2.05. The maximum Gasteiger partial charge on any atom is 0.248 e. The van der Waals surface area contributed by atoms with E-state index in [1.54, 1.807) is 12.3 Å². The second kappa shape index (κ2) is 5.62. The van der Waals surface area contributed by atoms with Gasteiger partial charge in [0.15, 0.2) is 0 Å². The van der Waals surface area contributed by atoms with Crippen molar-refractivity contribution in [3.8, 4) is 5.75 Å². The van der Waals surface area contributed by atoms with Gasteiger partial charge < -0.3 is 10.4 Å². The first kappa shape index (κ1) is 13.2. The van der Waals surface area contributed by atoms with Gasteiger partial charge in [-0.05, 0) is 25.1 Å². The lowest BCUT2D eigenvalue weighted by atomic mass is 10.3. The van der Waals surface area contributed by atoms with Crippen LogP contribution >= 0.6 is 11.3 Å². The number of phenolic OH excluding ortho intramolecular Hbond substituents is 1. The summed E-state index contributed by atoms with van der Waals surface area (Å²) < 4.78 is 13.0. The van der Waals surface area contributed by atoms with Gasteiger partial charge in [0.05, 0.1) is 10.7 Å². The minimum Gasteiger partial charge on any atom is -0.506 e. The number of aryl methyl sites for hydroxylation is 1. The molecule has 0 unspecified atom stereocenters. The third-order valence-corrected chi connectivity index (χ3v) is 3.13. The van der Waals surface area contributed by atoms with Crippen molar-refractivity contribution in [2.45, 2.75) is 6.92 Å². The molecule has 0 aliphatic carbocycles. The Morgan fingerprint density at radius 1 is 1.53 bits per heavy atom. The molecule has 0 saturated heterocycles. The lowest BCUT2D eigenvalue weighted by molar-refractivity contribution is -0.111. The van der Waals surface area contributed by atoms with Crippen LogP contribution in [0, 0.1) is 12.7 Å². The summed E-state index contributed by atoms with van der Waals surface area (Å²) in [6.45, 7) is 1.87. The van der Waals surface area contributed by atoms with Gasteiger partial charge in [-0.15, -0.1) is 11.3 Å². The third kappa shape index (κ3) is 3.62. The maximum atomic E-state index is 13.0. The van der Waals surface area contributed by atoms with Crippen molar-refractivity contribution in [1.82, 2.24) is 4.98 Å². The van der Waals surface area contributed by atoms with Gasteiger partial charge in [-0.25, -0.2) is 9.37 Å². The van der Waals surface area contributed by atoms with Crippen molar-refractivity contribution in [2.75, 3.05) is 5.32 Å². The van der Waals surface area contributed by atoms with Gasteiger partial charge in [0.1, 0.15) is 11.6 Å². The Morgan fingerprint density at radius 3 is 3.00 bits per heavy atom. The molecule has 0 aliphatic rings. The van der Waals surface area contributed by atoms with Gasteiger partial charge >= 0.3 is 0 Å². The smallest absolute Gasteiger partial charge is 0.248 e. The average Bonchev–Trinajstić information content (AvgIpc) is 2.77. The van der Waals surface area contributed by atoms with Crippen molar-refractivity contribution in [1.29, 1.82) is 0 Å². The van der Waals surface area contributed by atoms with Gasteiger partial charge in [0.25, 0.3) is 0 Å². The zero-order valence-corrected chi connectivity index (χ0v) is 10.9. The zero-order chi connectivity index (χ0) is 13.8. The second-order valence-corrected chi connectivity index (χ2v) is 5.03. The summed E-state index contributed by atoms with van der Waals surface area (Å²) in [5, 5.41) is 12.8. The number of nitrogens with one attached hydrogen (secondary N) is 1. The van der Waals surface area contributed by atoms with E-state index in [-0.39, 0.29) is 11.4 Å². The van der Waals surface area contributed by atoms with Crippen LogP contribution in [0.15, 0.2) is 30.5 Å². The number of rotatable bonds is 3.